The van der Waals surface area contributed by atoms with E-state index in [-0.39, 0.29) is 30.7 Å². The number of aryl methyl sites for hydroxylation is 1. The number of rotatable bonds is 4. The molecule has 1 aromatic rings. The van der Waals surface area contributed by atoms with Gasteiger partial charge in [0.1, 0.15) is 0 Å². The highest BCUT2D eigenvalue weighted by atomic mass is 35.5. The topological polar surface area (TPSA) is 58.8 Å². The summed E-state index contributed by atoms with van der Waals surface area (Å²) in [5.74, 6) is 0.0844. The first kappa shape index (κ1) is 21.0. The molecule has 1 heterocycles. The molecule has 7 heteroatoms. The van der Waals surface area contributed by atoms with E-state index in [1.54, 1.807) is 13.2 Å². The number of nitrogens with two attached hydrogens (primary N) is 1. The van der Waals surface area contributed by atoms with Crippen molar-refractivity contribution in [3.8, 4) is 0 Å². The fourth-order valence-corrected chi connectivity index (χ4v) is 2.44. The molecule has 0 unspecified atom stereocenters. The number of nitrogens with zero attached hydrogens (tertiary/aromatic N) is 2. The summed E-state index contributed by atoms with van der Waals surface area (Å²) in [5, 5.41) is 0. The summed E-state index contributed by atoms with van der Waals surface area (Å²) < 4.78 is 5.08. The Morgan fingerprint density at radius 2 is 1.86 bits per heavy atom. The van der Waals surface area contributed by atoms with Crippen LogP contribution in [-0.2, 0) is 4.74 Å². The van der Waals surface area contributed by atoms with Crippen molar-refractivity contribution in [2.75, 3.05) is 52.2 Å². The molecular formula is C15H25Cl2N3O2. The van der Waals surface area contributed by atoms with Gasteiger partial charge in [-0.15, -0.1) is 24.8 Å². The van der Waals surface area contributed by atoms with Crippen LogP contribution in [0, 0.1) is 6.92 Å². The van der Waals surface area contributed by atoms with E-state index in [1.807, 2.05) is 24.0 Å². The van der Waals surface area contributed by atoms with Crippen molar-refractivity contribution in [3.63, 3.8) is 0 Å². The monoisotopic (exact) mass is 349 g/mol. The number of anilines is 1. The Morgan fingerprint density at radius 1 is 1.23 bits per heavy atom. The molecule has 5 nitrogen and oxygen atoms in total. The van der Waals surface area contributed by atoms with Crippen LogP contribution in [0.1, 0.15) is 15.9 Å². The molecule has 0 bridgehead atoms. The highest BCUT2D eigenvalue weighted by Gasteiger charge is 2.22. The van der Waals surface area contributed by atoms with Crippen molar-refractivity contribution >= 4 is 36.4 Å². The minimum atomic E-state index is 0. The number of nitrogen functional groups attached to an aromatic ring is 1. The molecule has 1 fully saturated rings. The molecule has 0 aromatic heterocycles. The number of hydrogen-bond donors (Lipinski definition) is 1. The van der Waals surface area contributed by atoms with Gasteiger partial charge in [0.25, 0.3) is 5.91 Å². The van der Waals surface area contributed by atoms with Crippen LogP contribution in [0.4, 0.5) is 5.69 Å². The van der Waals surface area contributed by atoms with Crippen LogP contribution in [0.5, 0.6) is 0 Å². The highest BCUT2D eigenvalue weighted by molar-refractivity contribution is 5.96. The molecule has 22 heavy (non-hydrogen) atoms. The minimum Gasteiger partial charge on any atom is -0.399 e. The third-order valence-corrected chi connectivity index (χ3v) is 3.76. The molecule has 0 aliphatic carbocycles. The molecule has 1 aliphatic heterocycles. The molecule has 1 amide bonds. The zero-order valence-electron chi connectivity index (χ0n) is 13.1. The maximum Gasteiger partial charge on any atom is 0.254 e. The van der Waals surface area contributed by atoms with Crippen LogP contribution in [0.15, 0.2) is 18.2 Å². The van der Waals surface area contributed by atoms with Crippen molar-refractivity contribution in [3.05, 3.63) is 29.3 Å². The maximum absolute atomic E-state index is 12.5. The molecule has 1 aromatic carbocycles. The van der Waals surface area contributed by atoms with Crippen molar-refractivity contribution < 1.29 is 9.53 Å². The van der Waals surface area contributed by atoms with E-state index in [9.17, 15) is 4.79 Å². The van der Waals surface area contributed by atoms with E-state index in [2.05, 4.69) is 4.90 Å². The maximum atomic E-state index is 12.5. The van der Waals surface area contributed by atoms with E-state index in [0.717, 1.165) is 50.5 Å². The van der Waals surface area contributed by atoms with Crippen LogP contribution < -0.4 is 5.73 Å². The first-order valence-corrected chi connectivity index (χ1v) is 6.98. The van der Waals surface area contributed by atoms with Gasteiger partial charge in [0.05, 0.1) is 6.61 Å². The number of methoxy groups -OCH3 is 1. The van der Waals surface area contributed by atoms with Crippen LogP contribution in [0.25, 0.3) is 0 Å². The Labute approximate surface area is 144 Å². The summed E-state index contributed by atoms with van der Waals surface area (Å²) in [6.07, 6.45) is 0. The average Bonchev–Trinajstić information content (AvgIpc) is 2.47. The van der Waals surface area contributed by atoms with Gasteiger partial charge in [-0.05, 0) is 24.6 Å². The predicted octanol–water partition coefficient (Wildman–Crippen LogP) is 1.83. The molecule has 0 saturated carbocycles. The Hall–Kier alpha value is -1.01. The van der Waals surface area contributed by atoms with Gasteiger partial charge in [-0.25, -0.2) is 0 Å². The highest BCUT2D eigenvalue weighted by Crippen LogP contribution is 2.16. The molecule has 1 aliphatic rings. The fourth-order valence-electron chi connectivity index (χ4n) is 2.44. The summed E-state index contributed by atoms with van der Waals surface area (Å²) >= 11 is 0. The summed E-state index contributed by atoms with van der Waals surface area (Å²) in [4.78, 5) is 16.7. The fraction of sp³-hybridized carbons (Fsp3) is 0.533. The zero-order valence-corrected chi connectivity index (χ0v) is 14.7. The second kappa shape index (κ2) is 9.90. The lowest BCUT2D eigenvalue weighted by Crippen LogP contribution is -2.49. The molecule has 0 spiro atoms. The smallest absolute Gasteiger partial charge is 0.254 e. The molecule has 1 saturated heterocycles. The van der Waals surface area contributed by atoms with Gasteiger partial charge < -0.3 is 15.4 Å². The summed E-state index contributed by atoms with van der Waals surface area (Å²) in [6.45, 7) is 6.93. The SMILES string of the molecule is COCCN1CCN(C(=O)c2cc(N)ccc2C)CC1.Cl.Cl. The number of carbonyl (C=O) groups is 1. The van der Waals surface area contributed by atoms with Gasteiger partial charge in [-0.2, -0.15) is 0 Å². The van der Waals surface area contributed by atoms with Gasteiger partial charge >= 0.3 is 0 Å². The van der Waals surface area contributed by atoms with E-state index in [1.165, 1.54) is 0 Å². The average molecular weight is 350 g/mol. The van der Waals surface area contributed by atoms with Crippen molar-refractivity contribution in [2.45, 2.75) is 6.92 Å². The van der Waals surface area contributed by atoms with Gasteiger partial charge in [0, 0.05) is 51.1 Å². The summed E-state index contributed by atoms with van der Waals surface area (Å²) in [5.41, 5.74) is 8.11. The number of amides is 1. The van der Waals surface area contributed by atoms with Gasteiger partial charge in [-0.1, -0.05) is 6.07 Å². The van der Waals surface area contributed by atoms with Crippen molar-refractivity contribution in [2.24, 2.45) is 0 Å². The van der Waals surface area contributed by atoms with E-state index in [4.69, 9.17) is 10.5 Å². The normalized spacial score (nSPS) is 14.9. The van der Waals surface area contributed by atoms with Gasteiger partial charge in [0.2, 0.25) is 0 Å². The molecular weight excluding hydrogens is 325 g/mol. The quantitative estimate of drug-likeness (QED) is 0.842. The summed E-state index contributed by atoms with van der Waals surface area (Å²) in [7, 11) is 1.71. The standard InChI is InChI=1S/C15H23N3O2.2ClH/c1-12-3-4-13(16)11-14(12)15(19)18-7-5-17(6-8-18)9-10-20-2;;/h3-4,11H,5-10,16H2,1-2H3;2*1H. The predicted molar refractivity (Wildman–Crippen MR) is 94.3 cm³/mol. The lowest BCUT2D eigenvalue weighted by molar-refractivity contribution is 0.0593. The van der Waals surface area contributed by atoms with Crippen LogP contribution in [-0.4, -0.2) is 62.1 Å². The van der Waals surface area contributed by atoms with Crippen LogP contribution >= 0.6 is 24.8 Å². The Morgan fingerprint density at radius 3 is 2.45 bits per heavy atom. The molecule has 2 N–H and O–H groups in total. The first-order valence-electron chi connectivity index (χ1n) is 6.98. The first-order chi connectivity index (χ1) is 9.61. The number of halogens is 2. The number of ether oxygens (including phenoxy) is 1. The lowest BCUT2D eigenvalue weighted by atomic mass is 10.1. The molecule has 0 atom stereocenters. The van der Waals surface area contributed by atoms with E-state index < -0.39 is 0 Å². The molecule has 2 rings (SSSR count). The van der Waals surface area contributed by atoms with Crippen LogP contribution in [0.2, 0.25) is 0 Å². The second-order valence-corrected chi connectivity index (χ2v) is 5.20. The largest absolute Gasteiger partial charge is 0.399 e. The Balaban J connectivity index is 0.00000220. The lowest BCUT2D eigenvalue weighted by Gasteiger charge is -2.34. The molecule has 0 radical (unpaired) electrons. The third-order valence-electron chi connectivity index (χ3n) is 3.76. The molecule has 126 valence electrons. The van der Waals surface area contributed by atoms with Crippen molar-refractivity contribution in [1.82, 2.24) is 9.80 Å². The van der Waals surface area contributed by atoms with E-state index >= 15 is 0 Å². The van der Waals surface area contributed by atoms with Gasteiger partial charge in [0.15, 0.2) is 0 Å². The second-order valence-electron chi connectivity index (χ2n) is 5.20. The zero-order chi connectivity index (χ0) is 14.5. The number of benzene rings is 1. The minimum absolute atomic E-state index is 0. The number of carbonyl (C=O) groups excluding carboxylic acids is 1. The Bertz CT molecular complexity index is 478. The van der Waals surface area contributed by atoms with E-state index in [0.29, 0.717) is 5.69 Å². The summed E-state index contributed by atoms with van der Waals surface area (Å²) in [6, 6.07) is 5.50. The van der Waals surface area contributed by atoms with Crippen LogP contribution in [0.3, 0.4) is 0 Å². The number of hydrogen-bond acceptors (Lipinski definition) is 4. The van der Waals surface area contributed by atoms with Gasteiger partial charge in [-0.3, -0.25) is 9.69 Å². The third kappa shape index (κ3) is 5.32. The number of piperazine rings is 1. The van der Waals surface area contributed by atoms with Crippen molar-refractivity contribution in [1.29, 1.82) is 0 Å². The Kier molecular flexibility index (Phi) is 9.44.